The van der Waals surface area contributed by atoms with E-state index in [1.54, 1.807) is 6.20 Å². The molecule has 1 atom stereocenters. The maximum Gasteiger partial charge on any atom is 0.224 e. The second kappa shape index (κ2) is 10.2. The summed E-state index contributed by atoms with van der Waals surface area (Å²) >= 11 is 0. The number of likely N-dealkylation sites (tertiary alicyclic amines) is 1. The zero-order chi connectivity index (χ0) is 21.8. The lowest BCUT2D eigenvalue weighted by Crippen LogP contribution is -2.46. The minimum atomic E-state index is 0.209. The molecular formula is C26H36N4O2. The first-order valence-electron chi connectivity index (χ1n) is 12.4. The fraction of sp³-hybridized carbons (Fsp3) is 0.615. The van der Waals surface area contributed by atoms with E-state index in [9.17, 15) is 4.79 Å². The number of hydrogen-bond donors (Lipinski definition) is 0. The molecule has 6 heteroatoms. The van der Waals surface area contributed by atoms with Crippen molar-refractivity contribution in [3.63, 3.8) is 0 Å². The van der Waals surface area contributed by atoms with Gasteiger partial charge in [0.15, 0.2) is 0 Å². The Kier molecular flexibility index (Phi) is 6.89. The minimum absolute atomic E-state index is 0.209. The van der Waals surface area contributed by atoms with Gasteiger partial charge in [0, 0.05) is 51.1 Å². The highest BCUT2D eigenvalue weighted by molar-refractivity contribution is 5.76. The summed E-state index contributed by atoms with van der Waals surface area (Å²) in [6.45, 7) is 5.40. The van der Waals surface area contributed by atoms with Crippen LogP contribution in [0.3, 0.4) is 0 Å². The van der Waals surface area contributed by atoms with Crippen molar-refractivity contribution in [1.29, 1.82) is 0 Å². The molecule has 172 valence electrons. The molecule has 3 heterocycles. The number of nitrogens with zero attached hydrogens (tertiary/aromatic N) is 4. The van der Waals surface area contributed by atoms with E-state index in [1.165, 1.54) is 36.8 Å². The molecule has 0 saturated carbocycles. The standard InChI is InChI=1S/C26H36N4O2/c31-26(10-15-30-12-4-11-27-30)29(20-25-7-3-16-32-25)19-21-8-13-28(14-9-21)24-17-22-5-1-2-6-23(22)18-24/h1-2,4-6,11-12,21,24-25H,3,7-10,13-20H2. The highest BCUT2D eigenvalue weighted by Crippen LogP contribution is 2.29. The number of amides is 1. The highest BCUT2D eigenvalue weighted by atomic mass is 16.5. The van der Waals surface area contributed by atoms with E-state index < -0.39 is 0 Å². The number of aromatic nitrogens is 2. The smallest absolute Gasteiger partial charge is 0.224 e. The van der Waals surface area contributed by atoms with Crippen LogP contribution in [0.25, 0.3) is 0 Å². The summed E-state index contributed by atoms with van der Waals surface area (Å²) < 4.78 is 7.72. The van der Waals surface area contributed by atoms with Gasteiger partial charge in [-0.2, -0.15) is 5.10 Å². The first-order valence-corrected chi connectivity index (χ1v) is 12.4. The van der Waals surface area contributed by atoms with Crippen LogP contribution in [0.4, 0.5) is 0 Å². The van der Waals surface area contributed by atoms with E-state index in [0.717, 1.165) is 45.6 Å². The summed E-state index contributed by atoms with van der Waals surface area (Å²) in [6, 6.07) is 11.5. The van der Waals surface area contributed by atoms with E-state index in [-0.39, 0.29) is 12.0 Å². The summed E-state index contributed by atoms with van der Waals surface area (Å²) in [4.78, 5) is 17.9. The highest BCUT2D eigenvalue weighted by Gasteiger charge is 2.31. The number of aryl methyl sites for hydroxylation is 1. The van der Waals surface area contributed by atoms with E-state index in [4.69, 9.17) is 4.74 Å². The molecular weight excluding hydrogens is 400 g/mol. The lowest BCUT2D eigenvalue weighted by Gasteiger charge is -2.38. The minimum Gasteiger partial charge on any atom is -0.376 e. The number of rotatable bonds is 8. The zero-order valence-electron chi connectivity index (χ0n) is 19.1. The molecule has 1 amide bonds. The Labute approximate surface area is 191 Å². The molecule has 1 aliphatic carbocycles. The van der Waals surface area contributed by atoms with Gasteiger partial charge in [0.05, 0.1) is 6.10 Å². The quantitative estimate of drug-likeness (QED) is 0.638. The summed E-state index contributed by atoms with van der Waals surface area (Å²) in [5.74, 6) is 0.828. The van der Waals surface area contributed by atoms with E-state index in [2.05, 4.69) is 39.2 Å². The van der Waals surface area contributed by atoms with Gasteiger partial charge in [-0.05, 0) is 74.7 Å². The van der Waals surface area contributed by atoms with Gasteiger partial charge in [0.25, 0.3) is 0 Å². The third-order valence-corrected chi connectivity index (χ3v) is 7.59. The van der Waals surface area contributed by atoms with Crippen molar-refractivity contribution >= 4 is 5.91 Å². The largest absolute Gasteiger partial charge is 0.376 e. The Morgan fingerprint density at radius 3 is 2.50 bits per heavy atom. The lowest BCUT2D eigenvalue weighted by molar-refractivity contribution is -0.134. The van der Waals surface area contributed by atoms with Gasteiger partial charge >= 0.3 is 0 Å². The molecule has 2 fully saturated rings. The first-order chi connectivity index (χ1) is 15.7. The first kappa shape index (κ1) is 21.7. The molecule has 2 saturated heterocycles. The Hall–Kier alpha value is -2.18. The molecule has 2 aliphatic heterocycles. The molecule has 0 spiro atoms. The van der Waals surface area contributed by atoms with Gasteiger partial charge in [-0.25, -0.2) is 0 Å². The van der Waals surface area contributed by atoms with Crippen molar-refractivity contribution in [3.05, 3.63) is 53.9 Å². The summed E-state index contributed by atoms with van der Waals surface area (Å²) in [7, 11) is 0. The van der Waals surface area contributed by atoms with Crippen LogP contribution >= 0.6 is 0 Å². The Morgan fingerprint density at radius 1 is 1.06 bits per heavy atom. The van der Waals surface area contributed by atoms with Crippen LogP contribution in [0, 0.1) is 5.92 Å². The second-order valence-electron chi connectivity index (χ2n) is 9.76. The number of benzene rings is 1. The van der Waals surface area contributed by atoms with Crippen molar-refractivity contribution in [3.8, 4) is 0 Å². The monoisotopic (exact) mass is 436 g/mol. The predicted molar refractivity (Wildman–Crippen MR) is 124 cm³/mol. The van der Waals surface area contributed by atoms with E-state index >= 15 is 0 Å². The predicted octanol–water partition coefficient (Wildman–Crippen LogP) is 3.16. The Bertz CT molecular complexity index is 845. The zero-order valence-corrected chi connectivity index (χ0v) is 19.1. The number of carbonyl (C=O) groups excluding carboxylic acids is 1. The van der Waals surface area contributed by atoms with Gasteiger partial charge in [-0.1, -0.05) is 24.3 Å². The number of carbonyl (C=O) groups is 1. The fourth-order valence-electron chi connectivity index (χ4n) is 5.72. The van der Waals surface area contributed by atoms with Crippen molar-refractivity contribution in [2.24, 2.45) is 5.92 Å². The second-order valence-corrected chi connectivity index (χ2v) is 9.76. The van der Waals surface area contributed by atoms with Crippen molar-refractivity contribution < 1.29 is 9.53 Å². The summed E-state index contributed by atoms with van der Waals surface area (Å²) in [5.41, 5.74) is 3.07. The van der Waals surface area contributed by atoms with Gasteiger partial charge in [0.1, 0.15) is 0 Å². The SMILES string of the molecule is O=C(CCn1cccn1)N(CC1CCN(C2Cc3ccccc3C2)CC1)CC1CCCO1. The van der Waals surface area contributed by atoms with Crippen molar-refractivity contribution in [1.82, 2.24) is 19.6 Å². The molecule has 2 aromatic rings. The number of hydrogen-bond acceptors (Lipinski definition) is 4. The van der Waals surface area contributed by atoms with Crippen molar-refractivity contribution in [2.45, 2.75) is 63.6 Å². The van der Waals surface area contributed by atoms with Gasteiger partial charge in [-0.15, -0.1) is 0 Å². The van der Waals surface area contributed by atoms with Crippen LogP contribution in [-0.4, -0.2) is 70.4 Å². The molecule has 6 nitrogen and oxygen atoms in total. The molecule has 1 unspecified atom stereocenters. The normalized spacial score (nSPS) is 22.3. The fourth-order valence-corrected chi connectivity index (χ4v) is 5.72. The van der Waals surface area contributed by atoms with E-state index in [0.29, 0.717) is 24.9 Å². The molecule has 3 aliphatic rings. The maximum absolute atomic E-state index is 13.1. The summed E-state index contributed by atoms with van der Waals surface area (Å²) in [5, 5.41) is 4.24. The third kappa shape index (κ3) is 5.24. The van der Waals surface area contributed by atoms with Crippen LogP contribution in [-0.2, 0) is 28.9 Å². The molecule has 5 rings (SSSR count). The number of ether oxygens (including phenoxy) is 1. The Morgan fingerprint density at radius 2 is 1.84 bits per heavy atom. The molecule has 1 aromatic heterocycles. The van der Waals surface area contributed by atoms with Gasteiger partial charge in [0.2, 0.25) is 5.91 Å². The summed E-state index contributed by atoms with van der Waals surface area (Å²) in [6.07, 6.45) is 11.3. The van der Waals surface area contributed by atoms with Crippen LogP contribution < -0.4 is 0 Å². The average Bonchev–Trinajstić information content (AvgIpc) is 3.59. The molecule has 0 N–H and O–H groups in total. The van der Waals surface area contributed by atoms with E-state index in [1.807, 2.05) is 16.9 Å². The molecule has 0 bridgehead atoms. The lowest BCUT2D eigenvalue weighted by atomic mass is 9.94. The number of fused-ring (bicyclic) bond motifs is 1. The molecule has 32 heavy (non-hydrogen) atoms. The van der Waals surface area contributed by atoms with Crippen molar-refractivity contribution in [2.75, 3.05) is 32.8 Å². The molecule has 1 aromatic carbocycles. The van der Waals surface area contributed by atoms with Crippen LogP contribution in [0.2, 0.25) is 0 Å². The van der Waals surface area contributed by atoms with Crippen LogP contribution in [0.5, 0.6) is 0 Å². The van der Waals surface area contributed by atoms with Gasteiger partial charge in [-0.3, -0.25) is 14.4 Å². The van der Waals surface area contributed by atoms with Crippen LogP contribution in [0.15, 0.2) is 42.7 Å². The topological polar surface area (TPSA) is 50.6 Å². The third-order valence-electron chi connectivity index (χ3n) is 7.59. The van der Waals surface area contributed by atoms with Gasteiger partial charge < -0.3 is 9.64 Å². The average molecular weight is 437 g/mol. The Balaban J connectivity index is 1.13. The molecule has 0 radical (unpaired) electrons. The number of piperidine rings is 1. The van der Waals surface area contributed by atoms with Crippen LogP contribution in [0.1, 0.15) is 43.2 Å². The maximum atomic E-state index is 13.1.